The van der Waals surface area contributed by atoms with Crippen molar-refractivity contribution < 1.29 is 19.1 Å². The summed E-state index contributed by atoms with van der Waals surface area (Å²) < 4.78 is 10.2. The number of hydrogen-bond donors (Lipinski definition) is 1. The van der Waals surface area contributed by atoms with Gasteiger partial charge in [0.2, 0.25) is 5.76 Å². The first-order chi connectivity index (χ1) is 8.52. The molecule has 0 saturated heterocycles. The number of aromatic carboxylic acids is 1. The Bertz CT molecular complexity index is 604. The predicted molar refractivity (Wildman–Crippen MR) is 67.7 cm³/mol. The van der Waals surface area contributed by atoms with E-state index >= 15 is 0 Å². The Kier molecular flexibility index (Phi) is 3.50. The van der Waals surface area contributed by atoms with Crippen molar-refractivity contribution in [3.63, 3.8) is 0 Å². The second kappa shape index (κ2) is 4.92. The third-order valence-electron chi connectivity index (χ3n) is 2.32. The molecular weight excluding hydrogens is 279 g/mol. The van der Waals surface area contributed by atoms with Gasteiger partial charge in [-0.15, -0.1) is 0 Å². The van der Waals surface area contributed by atoms with Crippen LogP contribution in [-0.2, 0) is 0 Å². The van der Waals surface area contributed by atoms with Crippen molar-refractivity contribution in [3.8, 4) is 17.1 Å². The summed E-state index contributed by atoms with van der Waals surface area (Å²) >= 11 is 12.0. The van der Waals surface area contributed by atoms with E-state index in [4.69, 9.17) is 37.5 Å². The molecule has 0 fully saturated rings. The fourth-order valence-corrected chi connectivity index (χ4v) is 1.96. The van der Waals surface area contributed by atoms with E-state index < -0.39 is 5.97 Å². The number of carboxylic acids is 1. The fourth-order valence-electron chi connectivity index (χ4n) is 1.47. The van der Waals surface area contributed by atoms with Crippen molar-refractivity contribution in [3.05, 3.63) is 40.1 Å². The molecule has 18 heavy (non-hydrogen) atoms. The highest BCUT2D eigenvalue weighted by atomic mass is 35.5. The molecule has 2 aromatic rings. The van der Waals surface area contributed by atoms with Gasteiger partial charge in [0.15, 0.2) is 0 Å². The van der Waals surface area contributed by atoms with Crippen LogP contribution in [0.25, 0.3) is 11.3 Å². The van der Waals surface area contributed by atoms with Gasteiger partial charge in [-0.25, -0.2) is 4.79 Å². The summed E-state index contributed by atoms with van der Waals surface area (Å²) in [6.07, 6.45) is 0. The van der Waals surface area contributed by atoms with E-state index in [1.54, 1.807) is 12.1 Å². The molecule has 0 aliphatic carbocycles. The highest BCUT2D eigenvalue weighted by Gasteiger charge is 2.15. The van der Waals surface area contributed by atoms with Crippen molar-refractivity contribution in [2.75, 3.05) is 7.11 Å². The molecule has 0 atom stereocenters. The third kappa shape index (κ3) is 2.30. The lowest BCUT2D eigenvalue weighted by Crippen LogP contribution is -1.91. The number of methoxy groups -OCH3 is 1. The van der Waals surface area contributed by atoms with Gasteiger partial charge in [0, 0.05) is 11.6 Å². The number of halogens is 2. The van der Waals surface area contributed by atoms with Gasteiger partial charge in [0.1, 0.15) is 11.5 Å². The molecule has 0 bridgehead atoms. The van der Waals surface area contributed by atoms with E-state index in [9.17, 15) is 4.79 Å². The molecule has 6 heteroatoms. The lowest BCUT2D eigenvalue weighted by Gasteiger charge is -2.06. The van der Waals surface area contributed by atoms with Crippen LogP contribution >= 0.6 is 23.2 Å². The highest BCUT2D eigenvalue weighted by molar-refractivity contribution is 6.36. The fraction of sp³-hybridized carbons (Fsp3) is 0.0833. The van der Waals surface area contributed by atoms with Crippen molar-refractivity contribution in [2.45, 2.75) is 0 Å². The number of furan rings is 1. The van der Waals surface area contributed by atoms with Gasteiger partial charge < -0.3 is 14.3 Å². The molecule has 0 radical (unpaired) electrons. The molecule has 0 aliphatic rings. The summed E-state index contributed by atoms with van der Waals surface area (Å²) in [5.74, 6) is -0.526. The number of carbonyl (C=O) groups is 1. The van der Waals surface area contributed by atoms with Crippen LogP contribution in [0.4, 0.5) is 0 Å². The molecular formula is C12H8Cl2O4. The minimum absolute atomic E-state index is 0.159. The quantitative estimate of drug-likeness (QED) is 0.928. The third-order valence-corrected chi connectivity index (χ3v) is 2.93. The largest absolute Gasteiger partial charge is 0.495 e. The van der Waals surface area contributed by atoms with E-state index in [-0.39, 0.29) is 5.76 Å². The lowest BCUT2D eigenvalue weighted by molar-refractivity contribution is 0.0663. The number of hydrogen-bond acceptors (Lipinski definition) is 3. The molecule has 0 spiro atoms. The summed E-state index contributed by atoms with van der Waals surface area (Å²) in [5, 5.41) is 9.51. The number of carboxylic acid groups (broad SMARTS) is 1. The lowest BCUT2D eigenvalue weighted by atomic mass is 10.1. The summed E-state index contributed by atoms with van der Waals surface area (Å²) in [6.45, 7) is 0. The van der Waals surface area contributed by atoms with Crippen LogP contribution in [-0.4, -0.2) is 18.2 Å². The Hall–Kier alpha value is -1.65. The zero-order valence-corrected chi connectivity index (χ0v) is 10.7. The molecule has 0 amide bonds. The van der Waals surface area contributed by atoms with Crippen LogP contribution in [0.3, 0.4) is 0 Å². The standard InChI is InChI=1S/C12H8Cl2O4/c1-17-11-5-7(13)6(4-8(11)14)9-2-3-10(18-9)12(15)16/h2-5H,1H3,(H,15,16). The average molecular weight is 287 g/mol. The smallest absolute Gasteiger partial charge is 0.371 e. The van der Waals surface area contributed by atoms with Crippen LogP contribution in [0.2, 0.25) is 10.0 Å². The SMILES string of the molecule is COc1cc(Cl)c(-c2ccc(C(=O)O)o2)cc1Cl. The number of rotatable bonds is 3. The summed E-state index contributed by atoms with van der Waals surface area (Å²) in [4.78, 5) is 10.7. The molecule has 1 heterocycles. The van der Waals surface area contributed by atoms with E-state index in [0.29, 0.717) is 27.1 Å². The Balaban J connectivity index is 2.50. The minimum Gasteiger partial charge on any atom is -0.495 e. The molecule has 1 aromatic heterocycles. The predicted octanol–water partition coefficient (Wildman–Crippen LogP) is 3.96. The second-order valence-electron chi connectivity index (χ2n) is 3.44. The molecule has 1 aromatic carbocycles. The molecule has 0 aliphatic heterocycles. The first-order valence-electron chi connectivity index (χ1n) is 4.89. The van der Waals surface area contributed by atoms with Gasteiger partial charge in [-0.1, -0.05) is 23.2 Å². The van der Waals surface area contributed by atoms with E-state index in [1.807, 2.05) is 0 Å². The maximum absolute atomic E-state index is 10.7. The Morgan fingerprint density at radius 3 is 2.56 bits per heavy atom. The molecule has 4 nitrogen and oxygen atoms in total. The Morgan fingerprint density at radius 2 is 2.00 bits per heavy atom. The van der Waals surface area contributed by atoms with E-state index in [2.05, 4.69) is 0 Å². The van der Waals surface area contributed by atoms with Crippen molar-refractivity contribution in [1.82, 2.24) is 0 Å². The molecule has 94 valence electrons. The van der Waals surface area contributed by atoms with Gasteiger partial charge >= 0.3 is 5.97 Å². The molecule has 1 N–H and O–H groups in total. The van der Waals surface area contributed by atoms with Gasteiger partial charge in [0.25, 0.3) is 0 Å². The van der Waals surface area contributed by atoms with Crippen LogP contribution in [0.5, 0.6) is 5.75 Å². The van der Waals surface area contributed by atoms with E-state index in [1.165, 1.54) is 19.2 Å². The van der Waals surface area contributed by atoms with Gasteiger partial charge in [-0.3, -0.25) is 0 Å². The van der Waals surface area contributed by atoms with Gasteiger partial charge in [-0.2, -0.15) is 0 Å². The topological polar surface area (TPSA) is 59.7 Å². The van der Waals surface area contributed by atoms with Crippen molar-refractivity contribution in [1.29, 1.82) is 0 Å². The normalized spacial score (nSPS) is 10.4. The number of ether oxygens (including phenoxy) is 1. The summed E-state index contributed by atoms with van der Waals surface area (Å²) in [6, 6.07) is 5.98. The first-order valence-corrected chi connectivity index (χ1v) is 5.65. The van der Waals surface area contributed by atoms with Gasteiger partial charge in [-0.05, 0) is 18.2 Å². The summed E-state index contributed by atoms with van der Waals surface area (Å²) in [5.41, 5.74) is 0.509. The maximum Gasteiger partial charge on any atom is 0.371 e. The van der Waals surface area contributed by atoms with Crippen molar-refractivity contribution in [2.24, 2.45) is 0 Å². The zero-order valence-electron chi connectivity index (χ0n) is 9.24. The van der Waals surface area contributed by atoms with Crippen molar-refractivity contribution >= 4 is 29.2 Å². The zero-order chi connectivity index (χ0) is 13.3. The van der Waals surface area contributed by atoms with E-state index in [0.717, 1.165) is 0 Å². The molecule has 2 rings (SSSR count). The monoisotopic (exact) mass is 286 g/mol. The van der Waals surface area contributed by atoms with Crippen LogP contribution in [0.15, 0.2) is 28.7 Å². The summed E-state index contributed by atoms with van der Waals surface area (Å²) in [7, 11) is 1.48. The minimum atomic E-state index is -1.14. The van der Waals surface area contributed by atoms with Crippen LogP contribution in [0, 0.1) is 0 Å². The number of benzene rings is 1. The molecule has 0 unspecified atom stereocenters. The van der Waals surface area contributed by atoms with Crippen LogP contribution in [0.1, 0.15) is 10.6 Å². The Morgan fingerprint density at radius 1 is 1.28 bits per heavy atom. The highest BCUT2D eigenvalue weighted by Crippen LogP contribution is 2.37. The van der Waals surface area contributed by atoms with Crippen LogP contribution < -0.4 is 4.74 Å². The average Bonchev–Trinajstić information content (AvgIpc) is 2.81. The molecule has 0 saturated carbocycles. The second-order valence-corrected chi connectivity index (χ2v) is 4.25. The van der Waals surface area contributed by atoms with Gasteiger partial charge in [0.05, 0.1) is 17.2 Å². The first kappa shape index (κ1) is 12.8. The Labute approximate surface area is 113 Å². The maximum atomic E-state index is 10.7.